The standard InChI is InChI=1S/C12H22N2O2S/c1-3-6-13-10-12-5-8-14(11-12)7-4-9-17(2,15)16/h5,8,11,13H,3-4,6-7,9-10H2,1-2H3. The number of nitrogens with zero attached hydrogens (tertiary/aromatic N) is 1. The highest BCUT2D eigenvalue weighted by molar-refractivity contribution is 7.90. The first kappa shape index (κ1) is 14.3. The molecule has 17 heavy (non-hydrogen) atoms. The molecule has 0 atom stereocenters. The van der Waals surface area contributed by atoms with E-state index >= 15 is 0 Å². The normalized spacial score (nSPS) is 11.9. The average Bonchev–Trinajstić information content (AvgIpc) is 2.64. The SMILES string of the molecule is CCCNCc1ccn(CCCS(C)(=O)=O)c1. The van der Waals surface area contributed by atoms with E-state index in [9.17, 15) is 8.42 Å². The van der Waals surface area contributed by atoms with Crippen LogP contribution in [0.4, 0.5) is 0 Å². The molecular weight excluding hydrogens is 236 g/mol. The Morgan fingerprint density at radius 1 is 1.41 bits per heavy atom. The van der Waals surface area contributed by atoms with Gasteiger partial charge >= 0.3 is 0 Å². The van der Waals surface area contributed by atoms with Crippen LogP contribution in [-0.4, -0.2) is 31.5 Å². The predicted octanol–water partition coefficient (Wildman–Crippen LogP) is 1.42. The van der Waals surface area contributed by atoms with Crippen LogP contribution in [0.3, 0.4) is 0 Å². The van der Waals surface area contributed by atoms with Crippen molar-refractivity contribution >= 4 is 9.84 Å². The second-order valence-electron chi connectivity index (χ2n) is 4.42. The minimum atomic E-state index is -2.83. The Bertz CT molecular complexity index is 423. The summed E-state index contributed by atoms with van der Waals surface area (Å²) in [5.41, 5.74) is 1.25. The van der Waals surface area contributed by atoms with E-state index in [1.54, 1.807) is 0 Å². The molecule has 0 aromatic carbocycles. The molecule has 1 aromatic heterocycles. The fourth-order valence-electron chi connectivity index (χ4n) is 1.65. The molecule has 0 saturated carbocycles. The summed E-state index contributed by atoms with van der Waals surface area (Å²) >= 11 is 0. The third kappa shape index (κ3) is 6.48. The van der Waals surface area contributed by atoms with Crippen LogP contribution in [0.5, 0.6) is 0 Å². The molecular formula is C12H22N2O2S. The molecule has 0 bridgehead atoms. The second-order valence-corrected chi connectivity index (χ2v) is 6.68. The lowest BCUT2D eigenvalue weighted by Gasteiger charge is -2.02. The van der Waals surface area contributed by atoms with Gasteiger partial charge in [0.25, 0.3) is 0 Å². The second kappa shape index (κ2) is 6.81. The highest BCUT2D eigenvalue weighted by Gasteiger charge is 2.02. The molecule has 1 aromatic rings. The van der Waals surface area contributed by atoms with Gasteiger partial charge < -0.3 is 9.88 Å². The van der Waals surface area contributed by atoms with Crippen molar-refractivity contribution in [2.24, 2.45) is 0 Å². The van der Waals surface area contributed by atoms with Crippen molar-refractivity contribution in [1.29, 1.82) is 0 Å². The van der Waals surface area contributed by atoms with Crippen molar-refractivity contribution < 1.29 is 8.42 Å². The topological polar surface area (TPSA) is 51.1 Å². The lowest BCUT2D eigenvalue weighted by molar-refractivity contribution is 0.592. The van der Waals surface area contributed by atoms with Gasteiger partial charge in [0.2, 0.25) is 0 Å². The van der Waals surface area contributed by atoms with Crippen LogP contribution in [-0.2, 0) is 22.9 Å². The number of sulfone groups is 1. The summed E-state index contributed by atoms with van der Waals surface area (Å²) in [6.07, 6.45) is 7.17. The quantitative estimate of drug-likeness (QED) is 0.718. The van der Waals surface area contributed by atoms with Gasteiger partial charge in [0, 0.05) is 31.7 Å². The molecule has 0 spiro atoms. The van der Waals surface area contributed by atoms with Gasteiger partial charge in [-0.2, -0.15) is 0 Å². The number of aryl methyl sites for hydroxylation is 1. The van der Waals surface area contributed by atoms with Gasteiger partial charge in [0.05, 0.1) is 5.75 Å². The molecule has 0 radical (unpaired) electrons. The Morgan fingerprint density at radius 3 is 2.82 bits per heavy atom. The summed E-state index contributed by atoms with van der Waals surface area (Å²) in [5, 5.41) is 3.34. The smallest absolute Gasteiger partial charge is 0.147 e. The third-order valence-corrected chi connectivity index (χ3v) is 3.53. The van der Waals surface area contributed by atoms with Gasteiger partial charge in [-0.3, -0.25) is 0 Å². The number of hydrogen-bond acceptors (Lipinski definition) is 3. The van der Waals surface area contributed by atoms with Crippen LogP contribution in [0, 0.1) is 0 Å². The third-order valence-electron chi connectivity index (χ3n) is 2.50. The summed E-state index contributed by atoms with van der Waals surface area (Å²) in [6.45, 7) is 4.82. The summed E-state index contributed by atoms with van der Waals surface area (Å²) < 4.78 is 24.0. The molecule has 4 nitrogen and oxygen atoms in total. The Kier molecular flexibility index (Phi) is 5.71. The van der Waals surface area contributed by atoms with E-state index in [1.165, 1.54) is 11.8 Å². The van der Waals surface area contributed by atoms with E-state index in [1.807, 2.05) is 10.8 Å². The average molecular weight is 258 g/mol. The van der Waals surface area contributed by atoms with Gasteiger partial charge in [-0.25, -0.2) is 8.42 Å². The van der Waals surface area contributed by atoms with Crippen molar-refractivity contribution in [3.63, 3.8) is 0 Å². The molecule has 0 amide bonds. The molecule has 98 valence electrons. The monoisotopic (exact) mass is 258 g/mol. The lowest BCUT2D eigenvalue weighted by atomic mass is 10.3. The van der Waals surface area contributed by atoms with Gasteiger partial charge in [0.1, 0.15) is 9.84 Å². The van der Waals surface area contributed by atoms with E-state index in [4.69, 9.17) is 0 Å². The highest BCUT2D eigenvalue weighted by Crippen LogP contribution is 2.03. The molecule has 1 N–H and O–H groups in total. The fourth-order valence-corrected chi connectivity index (χ4v) is 2.31. The maximum atomic E-state index is 11.0. The number of rotatable bonds is 8. The fraction of sp³-hybridized carbons (Fsp3) is 0.667. The summed E-state index contributed by atoms with van der Waals surface area (Å²) in [4.78, 5) is 0. The summed E-state index contributed by atoms with van der Waals surface area (Å²) in [6, 6.07) is 2.07. The van der Waals surface area contributed by atoms with E-state index in [0.29, 0.717) is 6.42 Å². The van der Waals surface area contributed by atoms with Crippen molar-refractivity contribution in [1.82, 2.24) is 9.88 Å². The first-order chi connectivity index (χ1) is 8.01. The molecule has 0 aliphatic rings. The van der Waals surface area contributed by atoms with Crippen molar-refractivity contribution in [2.45, 2.75) is 32.9 Å². The Morgan fingerprint density at radius 2 is 2.18 bits per heavy atom. The predicted molar refractivity (Wildman–Crippen MR) is 70.8 cm³/mol. The van der Waals surface area contributed by atoms with Crippen LogP contribution in [0.15, 0.2) is 18.5 Å². The number of hydrogen-bond donors (Lipinski definition) is 1. The van der Waals surface area contributed by atoms with Gasteiger partial charge in [0.15, 0.2) is 0 Å². The summed E-state index contributed by atoms with van der Waals surface area (Å²) in [5.74, 6) is 0.259. The molecule has 5 heteroatoms. The Labute approximate surface area is 104 Å². The highest BCUT2D eigenvalue weighted by atomic mass is 32.2. The van der Waals surface area contributed by atoms with Crippen LogP contribution >= 0.6 is 0 Å². The minimum Gasteiger partial charge on any atom is -0.354 e. The minimum absolute atomic E-state index is 0.259. The maximum absolute atomic E-state index is 11.0. The molecule has 1 heterocycles. The van der Waals surface area contributed by atoms with E-state index < -0.39 is 9.84 Å². The zero-order chi connectivity index (χ0) is 12.7. The Hall–Kier alpha value is -0.810. The van der Waals surface area contributed by atoms with E-state index in [0.717, 1.165) is 26.1 Å². The number of aromatic nitrogens is 1. The first-order valence-corrected chi connectivity index (χ1v) is 8.10. The van der Waals surface area contributed by atoms with E-state index in [2.05, 4.69) is 24.5 Å². The van der Waals surface area contributed by atoms with Crippen LogP contribution in [0.1, 0.15) is 25.3 Å². The number of nitrogens with one attached hydrogen (secondary N) is 1. The molecule has 0 aliphatic heterocycles. The molecule has 1 rings (SSSR count). The van der Waals surface area contributed by atoms with E-state index in [-0.39, 0.29) is 5.75 Å². The maximum Gasteiger partial charge on any atom is 0.147 e. The molecule has 0 fully saturated rings. The zero-order valence-corrected chi connectivity index (χ0v) is 11.5. The largest absolute Gasteiger partial charge is 0.354 e. The van der Waals surface area contributed by atoms with Crippen molar-refractivity contribution in [3.8, 4) is 0 Å². The van der Waals surface area contributed by atoms with Crippen molar-refractivity contribution in [2.75, 3.05) is 18.6 Å². The van der Waals surface area contributed by atoms with Gasteiger partial charge in [-0.1, -0.05) is 6.92 Å². The van der Waals surface area contributed by atoms with Gasteiger partial charge in [-0.05, 0) is 31.0 Å². The molecule has 0 unspecified atom stereocenters. The lowest BCUT2D eigenvalue weighted by Crippen LogP contribution is -2.13. The molecule has 0 saturated heterocycles. The Balaban J connectivity index is 2.30. The molecule has 0 aliphatic carbocycles. The van der Waals surface area contributed by atoms with Crippen LogP contribution < -0.4 is 5.32 Å². The van der Waals surface area contributed by atoms with Crippen LogP contribution in [0.25, 0.3) is 0 Å². The first-order valence-electron chi connectivity index (χ1n) is 6.04. The zero-order valence-electron chi connectivity index (χ0n) is 10.6. The van der Waals surface area contributed by atoms with Crippen molar-refractivity contribution in [3.05, 3.63) is 24.0 Å². The van der Waals surface area contributed by atoms with Gasteiger partial charge in [-0.15, -0.1) is 0 Å². The summed E-state index contributed by atoms with van der Waals surface area (Å²) in [7, 11) is -2.83. The van der Waals surface area contributed by atoms with Crippen LogP contribution in [0.2, 0.25) is 0 Å².